The van der Waals surface area contributed by atoms with Crippen molar-refractivity contribution in [2.24, 2.45) is 0 Å². The molecule has 0 fully saturated rings. The number of amides is 2. The largest absolute Gasteiger partial charge is 0.388 e. The normalized spacial score (nSPS) is 11.9. The summed E-state index contributed by atoms with van der Waals surface area (Å²) in [6.07, 6.45) is -0.0765. The summed E-state index contributed by atoms with van der Waals surface area (Å²) in [5.41, 5.74) is 1.51. The second-order valence-corrected chi connectivity index (χ2v) is 5.47. The van der Waals surface area contributed by atoms with Crippen molar-refractivity contribution < 1.29 is 9.90 Å². The zero-order chi connectivity index (χ0) is 14.4. The number of carbonyl (C=O) groups excluding carboxylic acids is 1. The molecule has 20 heavy (non-hydrogen) atoms. The number of thiophene rings is 1. The van der Waals surface area contributed by atoms with Crippen LogP contribution >= 0.6 is 22.9 Å². The molecule has 0 aliphatic heterocycles. The van der Waals surface area contributed by atoms with Crippen LogP contribution < -0.4 is 10.6 Å². The van der Waals surface area contributed by atoms with E-state index in [4.69, 9.17) is 11.6 Å². The van der Waals surface area contributed by atoms with Gasteiger partial charge >= 0.3 is 6.03 Å². The fourth-order valence-corrected chi connectivity index (χ4v) is 2.59. The van der Waals surface area contributed by atoms with Gasteiger partial charge in [-0.3, -0.25) is 0 Å². The maximum absolute atomic E-state index is 11.6. The first kappa shape index (κ1) is 14.8. The summed E-state index contributed by atoms with van der Waals surface area (Å²) < 4.78 is 0. The average Bonchev–Trinajstić information content (AvgIpc) is 2.92. The molecule has 1 aromatic carbocycles. The molecule has 1 heterocycles. The van der Waals surface area contributed by atoms with Crippen LogP contribution in [0.5, 0.6) is 0 Å². The first-order valence-electron chi connectivity index (χ1n) is 6.16. The smallest absolute Gasteiger partial charge is 0.319 e. The highest BCUT2D eigenvalue weighted by Gasteiger charge is 2.08. The van der Waals surface area contributed by atoms with Crippen molar-refractivity contribution in [1.29, 1.82) is 0 Å². The van der Waals surface area contributed by atoms with Crippen LogP contribution in [-0.4, -0.2) is 17.7 Å². The molecule has 2 amide bonds. The Bertz CT molecular complexity index is 560. The minimum atomic E-state index is -0.548. The van der Waals surface area contributed by atoms with Crippen molar-refractivity contribution in [2.45, 2.75) is 12.5 Å². The van der Waals surface area contributed by atoms with Crippen LogP contribution in [0.3, 0.4) is 0 Å². The quantitative estimate of drug-likeness (QED) is 0.789. The molecule has 2 aromatic rings. The SMILES string of the molecule is O=C(NCCC(O)c1ccsc1)Nc1cccc(Cl)c1. The lowest BCUT2D eigenvalue weighted by atomic mass is 10.1. The molecule has 1 unspecified atom stereocenters. The monoisotopic (exact) mass is 310 g/mol. The van der Waals surface area contributed by atoms with E-state index in [1.165, 1.54) is 11.3 Å². The number of anilines is 1. The van der Waals surface area contributed by atoms with Crippen LogP contribution in [0, 0.1) is 0 Å². The van der Waals surface area contributed by atoms with E-state index in [2.05, 4.69) is 10.6 Å². The van der Waals surface area contributed by atoms with Gasteiger partial charge in [-0.2, -0.15) is 11.3 Å². The Hall–Kier alpha value is -1.56. The number of benzene rings is 1. The van der Waals surface area contributed by atoms with Gasteiger partial charge in [0.25, 0.3) is 0 Å². The van der Waals surface area contributed by atoms with Crippen molar-refractivity contribution in [3.63, 3.8) is 0 Å². The van der Waals surface area contributed by atoms with E-state index in [1.54, 1.807) is 24.3 Å². The summed E-state index contributed by atoms with van der Waals surface area (Å²) in [6, 6.07) is 8.49. The van der Waals surface area contributed by atoms with E-state index < -0.39 is 6.10 Å². The van der Waals surface area contributed by atoms with Crippen molar-refractivity contribution in [3.05, 3.63) is 51.7 Å². The average molecular weight is 311 g/mol. The van der Waals surface area contributed by atoms with Gasteiger partial charge in [0.15, 0.2) is 0 Å². The lowest BCUT2D eigenvalue weighted by Crippen LogP contribution is -2.30. The molecule has 0 saturated heterocycles. The predicted molar refractivity (Wildman–Crippen MR) is 82.4 cm³/mol. The summed E-state index contributed by atoms with van der Waals surface area (Å²) in [4.78, 5) is 11.6. The van der Waals surface area contributed by atoms with Crippen LogP contribution in [0.2, 0.25) is 5.02 Å². The molecule has 6 heteroatoms. The molecular formula is C14H15ClN2O2S. The number of hydrogen-bond acceptors (Lipinski definition) is 3. The maximum Gasteiger partial charge on any atom is 0.319 e. The highest BCUT2D eigenvalue weighted by Crippen LogP contribution is 2.18. The maximum atomic E-state index is 11.6. The Labute approximate surface area is 126 Å². The summed E-state index contributed by atoms with van der Waals surface area (Å²) in [7, 11) is 0. The molecule has 0 aliphatic rings. The second-order valence-electron chi connectivity index (χ2n) is 4.25. The summed E-state index contributed by atoms with van der Waals surface area (Å²) in [5.74, 6) is 0. The zero-order valence-corrected chi connectivity index (χ0v) is 12.2. The van der Waals surface area contributed by atoms with E-state index in [1.807, 2.05) is 16.8 Å². The second kappa shape index (κ2) is 7.28. The van der Waals surface area contributed by atoms with E-state index in [0.717, 1.165) is 5.56 Å². The standard InChI is InChI=1S/C14H15ClN2O2S/c15-11-2-1-3-12(8-11)17-14(19)16-6-4-13(18)10-5-7-20-9-10/h1-3,5,7-9,13,18H,4,6H2,(H2,16,17,19). The third-order valence-corrected chi connectivity index (χ3v) is 3.65. The Morgan fingerprint density at radius 1 is 1.40 bits per heavy atom. The summed E-state index contributed by atoms with van der Waals surface area (Å²) >= 11 is 7.37. The van der Waals surface area contributed by atoms with Gasteiger partial charge in [0.05, 0.1) is 6.10 Å². The highest BCUT2D eigenvalue weighted by atomic mass is 35.5. The molecule has 106 valence electrons. The minimum absolute atomic E-state index is 0.315. The molecule has 0 radical (unpaired) electrons. The van der Waals surface area contributed by atoms with Crippen LogP contribution in [-0.2, 0) is 0 Å². The fourth-order valence-electron chi connectivity index (χ4n) is 1.70. The molecule has 3 N–H and O–H groups in total. The van der Waals surface area contributed by atoms with Crippen LogP contribution in [0.4, 0.5) is 10.5 Å². The number of halogens is 1. The molecule has 0 saturated carbocycles. The number of rotatable bonds is 5. The third-order valence-electron chi connectivity index (χ3n) is 2.71. The predicted octanol–water partition coefficient (Wildman–Crippen LogP) is 3.65. The Balaban J connectivity index is 1.73. The lowest BCUT2D eigenvalue weighted by molar-refractivity contribution is 0.168. The molecule has 2 rings (SSSR count). The lowest BCUT2D eigenvalue weighted by Gasteiger charge is -2.11. The summed E-state index contributed by atoms with van der Waals surface area (Å²) in [6.45, 7) is 0.392. The van der Waals surface area contributed by atoms with Gasteiger partial charge in [-0.05, 0) is 47.0 Å². The summed E-state index contributed by atoms with van der Waals surface area (Å²) in [5, 5.41) is 19.6. The number of hydrogen-bond donors (Lipinski definition) is 3. The molecule has 0 bridgehead atoms. The number of urea groups is 1. The molecule has 1 aromatic heterocycles. The number of aliphatic hydroxyl groups is 1. The van der Waals surface area contributed by atoms with E-state index in [-0.39, 0.29) is 6.03 Å². The minimum Gasteiger partial charge on any atom is -0.388 e. The fraction of sp³-hybridized carbons (Fsp3) is 0.214. The zero-order valence-electron chi connectivity index (χ0n) is 10.7. The van der Waals surface area contributed by atoms with Crippen LogP contribution in [0.25, 0.3) is 0 Å². The van der Waals surface area contributed by atoms with Gasteiger partial charge in [0.1, 0.15) is 0 Å². The van der Waals surface area contributed by atoms with Gasteiger partial charge in [-0.15, -0.1) is 0 Å². The first-order valence-corrected chi connectivity index (χ1v) is 7.48. The van der Waals surface area contributed by atoms with Gasteiger partial charge < -0.3 is 15.7 Å². The highest BCUT2D eigenvalue weighted by molar-refractivity contribution is 7.07. The van der Waals surface area contributed by atoms with E-state index >= 15 is 0 Å². The van der Waals surface area contributed by atoms with Crippen LogP contribution in [0.1, 0.15) is 18.1 Å². The van der Waals surface area contributed by atoms with Crippen molar-refractivity contribution >= 4 is 34.7 Å². The van der Waals surface area contributed by atoms with Gasteiger partial charge in [0.2, 0.25) is 0 Å². The molecular weight excluding hydrogens is 296 g/mol. The molecule has 0 spiro atoms. The Morgan fingerprint density at radius 2 is 2.25 bits per heavy atom. The van der Waals surface area contributed by atoms with E-state index in [0.29, 0.717) is 23.7 Å². The van der Waals surface area contributed by atoms with Gasteiger partial charge in [-0.25, -0.2) is 4.79 Å². The topological polar surface area (TPSA) is 61.4 Å². The number of nitrogens with one attached hydrogen (secondary N) is 2. The van der Waals surface area contributed by atoms with Crippen LogP contribution in [0.15, 0.2) is 41.1 Å². The van der Waals surface area contributed by atoms with Crippen molar-refractivity contribution in [1.82, 2.24) is 5.32 Å². The van der Waals surface area contributed by atoms with Gasteiger partial charge in [-0.1, -0.05) is 17.7 Å². The number of carbonyl (C=O) groups is 1. The molecule has 0 aliphatic carbocycles. The Morgan fingerprint density at radius 3 is 2.95 bits per heavy atom. The Kier molecular flexibility index (Phi) is 5.40. The third kappa shape index (κ3) is 4.52. The molecule has 4 nitrogen and oxygen atoms in total. The first-order chi connectivity index (χ1) is 9.65. The van der Waals surface area contributed by atoms with Gasteiger partial charge in [0, 0.05) is 17.3 Å². The molecule has 1 atom stereocenters. The number of aliphatic hydroxyl groups excluding tert-OH is 1. The van der Waals surface area contributed by atoms with E-state index in [9.17, 15) is 9.90 Å². The van der Waals surface area contributed by atoms with Crippen molar-refractivity contribution in [3.8, 4) is 0 Å². The van der Waals surface area contributed by atoms with Crippen molar-refractivity contribution in [2.75, 3.05) is 11.9 Å².